The molecule has 1 heterocycles. The minimum absolute atomic E-state index is 0.0835. The van der Waals surface area contributed by atoms with Gasteiger partial charge in [-0.1, -0.05) is 38.5 Å². The maximum Gasteiger partial charge on any atom is 0.196 e. The normalized spacial score (nSPS) is 23.9. The van der Waals surface area contributed by atoms with Crippen molar-refractivity contribution in [1.29, 1.82) is 0 Å². The van der Waals surface area contributed by atoms with Gasteiger partial charge in [0.25, 0.3) is 0 Å². The van der Waals surface area contributed by atoms with Crippen molar-refractivity contribution in [2.75, 3.05) is 11.4 Å². The summed E-state index contributed by atoms with van der Waals surface area (Å²) >= 11 is 0. The lowest BCUT2D eigenvalue weighted by molar-refractivity contribution is 0.404. The van der Waals surface area contributed by atoms with Crippen LogP contribution < -0.4 is 10.6 Å². The zero-order chi connectivity index (χ0) is 12.3. The molecule has 1 aromatic carbocycles. The first kappa shape index (κ1) is 12.0. The Morgan fingerprint density at radius 3 is 2.59 bits per heavy atom. The summed E-state index contributed by atoms with van der Waals surface area (Å²) in [6.07, 6.45) is 3.35. The van der Waals surface area contributed by atoms with Gasteiger partial charge in [0.05, 0.1) is 12.1 Å². The number of benzene rings is 1. The van der Waals surface area contributed by atoms with Gasteiger partial charge in [-0.3, -0.25) is 4.99 Å². The van der Waals surface area contributed by atoms with Gasteiger partial charge in [0, 0.05) is 5.69 Å². The lowest BCUT2D eigenvalue weighted by atomic mass is 9.89. The van der Waals surface area contributed by atoms with Gasteiger partial charge in [0.1, 0.15) is 0 Å². The fraction of sp³-hybridized carbons (Fsp3) is 0.500. The van der Waals surface area contributed by atoms with Crippen LogP contribution in [0.5, 0.6) is 0 Å². The molecule has 17 heavy (non-hydrogen) atoms. The zero-order valence-corrected chi connectivity index (χ0v) is 10.7. The van der Waals surface area contributed by atoms with Crippen molar-refractivity contribution in [1.82, 2.24) is 0 Å². The van der Waals surface area contributed by atoms with Crippen molar-refractivity contribution in [3.05, 3.63) is 30.3 Å². The van der Waals surface area contributed by atoms with Crippen LogP contribution in [0.2, 0.25) is 0 Å². The molecule has 2 N–H and O–H groups in total. The molecule has 0 radical (unpaired) electrons. The summed E-state index contributed by atoms with van der Waals surface area (Å²) in [6, 6.07) is 10.3. The number of anilines is 1. The Labute approximate surface area is 103 Å². The van der Waals surface area contributed by atoms with Crippen molar-refractivity contribution in [3.63, 3.8) is 0 Å². The molecule has 1 unspecified atom stereocenters. The highest BCUT2D eigenvalue weighted by atomic mass is 15.4. The predicted molar refractivity (Wildman–Crippen MR) is 73.3 cm³/mol. The minimum Gasteiger partial charge on any atom is -0.369 e. The number of rotatable bonds is 4. The Kier molecular flexibility index (Phi) is 3.36. The minimum atomic E-state index is 0.0835. The van der Waals surface area contributed by atoms with E-state index in [4.69, 9.17) is 5.73 Å². The molecule has 0 saturated carbocycles. The van der Waals surface area contributed by atoms with Crippen molar-refractivity contribution >= 4 is 11.6 Å². The van der Waals surface area contributed by atoms with Gasteiger partial charge >= 0.3 is 0 Å². The van der Waals surface area contributed by atoms with Crippen LogP contribution in [0.15, 0.2) is 35.3 Å². The van der Waals surface area contributed by atoms with Crippen LogP contribution in [0, 0.1) is 0 Å². The molecule has 0 spiro atoms. The van der Waals surface area contributed by atoms with Crippen LogP contribution >= 0.6 is 0 Å². The third kappa shape index (κ3) is 2.02. The Bertz CT molecular complexity index is 399. The molecule has 0 amide bonds. The summed E-state index contributed by atoms with van der Waals surface area (Å²) in [6.45, 7) is 5.26. The molecule has 92 valence electrons. The lowest BCUT2D eigenvalue weighted by Crippen LogP contribution is -2.51. The quantitative estimate of drug-likeness (QED) is 0.865. The van der Waals surface area contributed by atoms with Gasteiger partial charge in [-0.25, -0.2) is 0 Å². The van der Waals surface area contributed by atoms with Crippen LogP contribution in [0.1, 0.15) is 33.1 Å². The van der Waals surface area contributed by atoms with Crippen LogP contribution in [0.4, 0.5) is 5.69 Å². The number of hydrogen-bond acceptors (Lipinski definition) is 3. The van der Waals surface area contributed by atoms with Crippen molar-refractivity contribution < 1.29 is 0 Å². The highest BCUT2D eigenvalue weighted by Gasteiger charge is 2.40. The van der Waals surface area contributed by atoms with Crippen LogP contribution in [-0.4, -0.2) is 18.0 Å². The van der Waals surface area contributed by atoms with Gasteiger partial charge in [-0.05, 0) is 25.0 Å². The fourth-order valence-electron chi connectivity index (χ4n) is 2.70. The SMILES string of the molecule is CCCC1(CC)CN=C(N)N1c1ccccc1. The molecule has 3 heteroatoms. The number of para-hydroxylation sites is 1. The molecule has 0 saturated heterocycles. The van der Waals surface area contributed by atoms with Crippen molar-refractivity contribution in [3.8, 4) is 0 Å². The van der Waals surface area contributed by atoms with Gasteiger partial charge in [0.2, 0.25) is 0 Å². The molecule has 1 aromatic rings. The fourth-order valence-corrected chi connectivity index (χ4v) is 2.70. The Morgan fingerprint density at radius 2 is 2.00 bits per heavy atom. The Balaban J connectivity index is 2.37. The summed E-state index contributed by atoms with van der Waals surface area (Å²) < 4.78 is 0. The molecule has 1 atom stereocenters. The summed E-state index contributed by atoms with van der Waals surface area (Å²) in [5, 5.41) is 0. The number of hydrogen-bond donors (Lipinski definition) is 1. The Morgan fingerprint density at radius 1 is 1.29 bits per heavy atom. The molecule has 0 bridgehead atoms. The summed E-state index contributed by atoms with van der Waals surface area (Å²) in [5.41, 5.74) is 7.31. The van der Waals surface area contributed by atoms with Crippen molar-refractivity contribution in [2.24, 2.45) is 10.7 Å². The van der Waals surface area contributed by atoms with E-state index in [9.17, 15) is 0 Å². The van der Waals surface area contributed by atoms with Crippen LogP contribution in [0.3, 0.4) is 0 Å². The van der Waals surface area contributed by atoms with Gasteiger partial charge in [-0.15, -0.1) is 0 Å². The molecular weight excluding hydrogens is 210 g/mol. The van der Waals surface area contributed by atoms with E-state index in [2.05, 4.69) is 35.9 Å². The number of aliphatic imine (C=N–C) groups is 1. The van der Waals surface area contributed by atoms with E-state index < -0.39 is 0 Å². The molecule has 1 aliphatic rings. The van der Waals surface area contributed by atoms with Gasteiger partial charge in [-0.2, -0.15) is 0 Å². The van der Waals surface area contributed by atoms with E-state index in [-0.39, 0.29) is 5.54 Å². The molecule has 0 aromatic heterocycles. The molecule has 1 aliphatic heterocycles. The third-order valence-corrected chi connectivity index (χ3v) is 3.63. The average molecular weight is 231 g/mol. The predicted octanol–water partition coefficient (Wildman–Crippen LogP) is 2.77. The van der Waals surface area contributed by atoms with Gasteiger partial charge < -0.3 is 10.6 Å². The standard InChI is InChI=1S/C14H21N3/c1-3-10-14(4-2)11-16-13(15)17(14)12-8-6-5-7-9-12/h5-9H,3-4,10-11H2,1-2H3,(H2,15,16). The molecule has 2 rings (SSSR count). The first-order chi connectivity index (χ1) is 8.23. The van der Waals surface area contributed by atoms with E-state index in [1.165, 1.54) is 0 Å². The highest BCUT2D eigenvalue weighted by molar-refractivity contribution is 5.98. The molecule has 3 nitrogen and oxygen atoms in total. The maximum absolute atomic E-state index is 6.07. The lowest BCUT2D eigenvalue weighted by Gasteiger charge is -2.38. The molecule has 0 fully saturated rings. The topological polar surface area (TPSA) is 41.6 Å². The largest absolute Gasteiger partial charge is 0.369 e. The first-order valence-electron chi connectivity index (χ1n) is 6.38. The smallest absolute Gasteiger partial charge is 0.196 e. The second-order valence-corrected chi connectivity index (χ2v) is 4.67. The molecule has 0 aliphatic carbocycles. The summed E-state index contributed by atoms with van der Waals surface area (Å²) in [4.78, 5) is 6.68. The zero-order valence-electron chi connectivity index (χ0n) is 10.7. The first-order valence-corrected chi connectivity index (χ1v) is 6.38. The second kappa shape index (κ2) is 4.78. The number of nitrogens with zero attached hydrogens (tertiary/aromatic N) is 2. The van der Waals surface area contributed by atoms with E-state index in [1.807, 2.05) is 18.2 Å². The Hall–Kier alpha value is -1.51. The maximum atomic E-state index is 6.07. The van der Waals surface area contributed by atoms with E-state index in [0.717, 1.165) is 31.5 Å². The summed E-state index contributed by atoms with van der Waals surface area (Å²) in [5.74, 6) is 0.659. The van der Waals surface area contributed by atoms with Crippen LogP contribution in [-0.2, 0) is 0 Å². The van der Waals surface area contributed by atoms with Gasteiger partial charge in [0.15, 0.2) is 5.96 Å². The highest BCUT2D eigenvalue weighted by Crippen LogP contribution is 2.34. The van der Waals surface area contributed by atoms with Crippen LogP contribution in [0.25, 0.3) is 0 Å². The van der Waals surface area contributed by atoms with Crippen molar-refractivity contribution in [2.45, 2.75) is 38.6 Å². The number of nitrogens with two attached hydrogens (primary N) is 1. The number of guanidine groups is 1. The summed E-state index contributed by atoms with van der Waals surface area (Å²) in [7, 11) is 0. The monoisotopic (exact) mass is 231 g/mol. The van der Waals surface area contributed by atoms with E-state index in [0.29, 0.717) is 5.96 Å². The molecular formula is C14H21N3. The third-order valence-electron chi connectivity index (χ3n) is 3.63. The second-order valence-electron chi connectivity index (χ2n) is 4.67. The van der Waals surface area contributed by atoms with E-state index >= 15 is 0 Å². The average Bonchev–Trinajstić information content (AvgIpc) is 2.69. The van der Waals surface area contributed by atoms with E-state index in [1.54, 1.807) is 0 Å².